The lowest BCUT2D eigenvalue weighted by Crippen LogP contribution is -2.28. The Morgan fingerprint density at radius 3 is 2.84 bits per heavy atom. The summed E-state index contributed by atoms with van der Waals surface area (Å²) in [5.74, 6) is 6.46. The summed E-state index contributed by atoms with van der Waals surface area (Å²) in [6.45, 7) is 0. The van der Waals surface area contributed by atoms with Gasteiger partial charge in [-0.25, -0.2) is 5.43 Å². The van der Waals surface area contributed by atoms with Crippen molar-refractivity contribution in [2.24, 2.45) is 5.84 Å². The molecule has 0 aliphatic rings. The van der Waals surface area contributed by atoms with Crippen molar-refractivity contribution in [1.29, 1.82) is 0 Å². The third-order valence-electron chi connectivity index (χ3n) is 3.07. The van der Waals surface area contributed by atoms with E-state index >= 15 is 0 Å². The van der Waals surface area contributed by atoms with E-state index in [1.165, 1.54) is 0 Å². The van der Waals surface area contributed by atoms with Crippen LogP contribution in [0, 0.1) is 0 Å². The van der Waals surface area contributed by atoms with Gasteiger partial charge >= 0.3 is 0 Å². The molecule has 5 heteroatoms. The second-order valence-corrected chi connectivity index (χ2v) is 4.97. The number of nitrogens with one attached hydrogen (secondary N) is 1. The zero-order valence-electron chi connectivity index (χ0n) is 10.0. The Kier molecular flexibility index (Phi) is 3.33. The van der Waals surface area contributed by atoms with Gasteiger partial charge in [-0.15, -0.1) is 0 Å². The van der Waals surface area contributed by atoms with Crippen molar-refractivity contribution in [2.45, 2.75) is 6.04 Å². The highest BCUT2D eigenvalue weighted by molar-refractivity contribution is 9.10. The molecule has 0 fully saturated rings. The lowest BCUT2D eigenvalue weighted by Gasteiger charge is -2.16. The monoisotopic (exact) mass is 317 g/mol. The maximum Gasteiger partial charge on any atom is 0.169 e. The predicted molar refractivity (Wildman–Crippen MR) is 77.3 cm³/mol. The summed E-state index contributed by atoms with van der Waals surface area (Å²) in [6, 6.07) is 11.6. The molecule has 1 aromatic carbocycles. The molecule has 0 radical (unpaired) electrons. The summed E-state index contributed by atoms with van der Waals surface area (Å²) in [4.78, 5) is 4.13. The average Bonchev–Trinajstić information content (AvgIpc) is 2.86. The third kappa shape index (κ3) is 2.28. The number of aromatic nitrogens is 1. The first-order valence-corrected chi connectivity index (χ1v) is 6.63. The number of nitrogens with two attached hydrogens (primary N) is 1. The number of benzene rings is 1. The Labute approximate surface area is 118 Å². The minimum absolute atomic E-state index is 0.197. The zero-order chi connectivity index (χ0) is 13.2. The van der Waals surface area contributed by atoms with Gasteiger partial charge in [0.1, 0.15) is 11.8 Å². The van der Waals surface area contributed by atoms with Crippen molar-refractivity contribution in [3.63, 3.8) is 0 Å². The number of hydrogen-bond donors (Lipinski definition) is 2. The van der Waals surface area contributed by atoms with Crippen LogP contribution in [0.3, 0.4) is 0 Å². The van der Waals surface area contributed by atoms with Crippen LogP contribution in [0.4, 0.5) is 0 Å². The predicted octanol–water partition coefficient (Wildman–Crippen LogP) is 3.14. The Morgan fingerprint density at radius 2 is 2.11 bits per heavy atom. The summed E-state index contributed by atoms with van der Waals surface area (Å²) in [6.07, 6.45) is 3.61. The number of hydrogen-bond acceptors (Lipinski definition) is 4. The summed E-state index contributed by atoms with van der Waals surface area (Å²) < 4.78 is 6.28. The molecule has 96 valence electrons. The lowest BCUT2D eigenvalue weighted by atomic mass is 9.99. The van der Waals surface area contributed by atoms with Crippen molar-refractivity contribution in [3.05, 3.63) is 64.8 Å². The molecule has 0 bridgehead atoms. The molecule has 2 aromatic heterocycles. The van der Waals surface area contributed by atoms with Gasteiger partial charge in [0.2, 0.25) is 0 Å². The SMILES string of the molecule is NNC(c1ccc(Br)o1)c1cccc2cnccc12. The van der Waals surface area contributed by atoms with Crippen LogP contribution in [0.2, 0.25) is 0 Å². The van der Waals surface area contributed by atoms with Crippen LogP contribution < -0.4 is 11.3 Å². The van der Waals surface area contributed by atoms with Crippen LogP contribution >= 0.6 is 15.9 Å². The van der Waals surface area contributed by atoms with Gasteiger partial charge in [0.15, 0.2) is 4.67 Å². The van der Waals surface area contributed by atoms with Gasteiger partial charge in [0.05, 0.1) is 0 Å². The molecule has 0 saturated heterocycles. The van der Waals surface area contributed by atoms with Crippen LogP contribution in [-0.4, -0.2) is 4.98 Å². The van der Waals surface area contributed by atoms with Crippen molar-refractivity contribution < 1.29 is 4.42 Å². The zero-order valence-corrected chi connectivity index (χ0v) is 11.6. The molecule has 0 amide bonds. The number of hydrazine groups is 1. The van der Waals surface area contributed by atoms with Gasteiger partial charge in [-0.05, 0) is 45.1 Å². The molecule has 4 nitrogen and oxygen atoms in total. The largest absolute Gasteiger partial charge is 0.452 e. The second kappa shape index (κ2) is 5.13. The Balaban J connectivity index is 2.16. The fourth-order valence-electron chi connectivity index (χ4n) is 2.21. The Hall–Kier alpha value is -1.69. The van der Waals surface area contributed by atoms with E-state index in [4.69, 9.17) is 10.3 Å². The molecule has 3 aromatic rings. The molecule has 3 N–H and O–H groups in total. The van der Waals surface area contributed by atoms with Crippen molar-refractivity contribution in [2.75, 3.05) is 0 Å². The molecular formula is C14H12BrN3O. The first-order chi connectivity index (χ1) is 9.29. The van der Waals surface area contributed by atoms with Gasteiger partial charge < -0.3 is 4.42 Å². The van der Waals surface area contributed by atoms with Gasteiger partial charge in [-0.1, -0.05) is 18.2 Å². The van der Waals surface area contributed by atoms with Crippen LogP contribution in [-0.2, 0) is 0 Å². The summed E-state index contributed by atoms with van der Waals surface area (Å²) in [7, 11) is 0. The van der Waals surface area contributed by atoms with E-state index < -0.39 is 0 Å². The number of furan rings is 1. The molecule has 0 spiro atoms. The van der Waals surface area contributed by atoms with E-state index in [9.17, 15) is 0 Å². The van der Waals surface area contributed by atoms with Gasteiger partial charge in [0.25, 0.3) is 0 Å². The highest BCUT2D eigenvalue weighted by Gasteiger charge is 2.18. The maximum atomic E-state index is 5.70. The molecule has 2 heterocycles. The fourth-order valence-corrected chi connectivity index (χ4v) is 2.53. The van der Waals surface area contributed by atoms with E-state index in [0.29, 0.717) is 4.67 Å². The van der Waals surface area contributed by atoms with Crippen LogP contribution in [0.25, 0.3) is 10.8 Å². The van der Waals surface area contributed by atoms with E-state index in [-0.39, 0.29) is 6.04 Å². The Morgan fingerprint density at radius 1 is 1.21 bits per heavy atom. The fraction of sp³-hybridized carbons (Fsp3) is 0.0714. The highest BCUT2D eigenvalue weighted by atomic mass is 79.9. The first-order valence-electron chi connectivity index (χ1n) is 5.83. The van der Waals surface area contributed by atoms with Gasteiger partial charge in [-0.2, -0.15) is 0 Å². The van der Waals surface area contributed by atoms with E-state index in [0.717, 1.165) is 22.1 Å². The number of rotatable bonds is 3. The standard InChI is InChI=1S/C14H12BrN3O/c15-13-5-4-12(19-13)14(18-16)11-3-1-2-9-8-17-7-6-10(9)11/h1-8,14,18H,16H2. The molecule has 1 atom stereocenters. The molecular weight excluding hydrogens is 306 g/mol. The van der Waals surface area contributed by atoms with Gasteiger partial charge in [0, 0.05) is 17.8 Å². The van der Waals surface area contributed by atoms with Crippen molar-refractivity contribution >= 4 is 26.7 Å². The molecule has 0 aliphatic heterocycles. The topological polar surface area (TPSA) is 64.1 Å². The van der Waals surface area contributed by atoms with Crippen LogP contribution in [0.5, 0.6) is 0 Å². The lowest BCUT2D eigenvalue weighted by molar-refractivity contribution is 0.438. The molecule has 3 rings (SSSR count). The van der Waals surface area contributed by atoms with Crippen LogP contribution in [0.15, 0.2) is 57.9 Å². The molecule has 0 aliphatic carbocycles. The average molecular weight is 318 g/mol. The van der Waals surface area contributed by atoms with E-state index in [2.05, 4.69) is 26.3 Å². The number of halogens is 1. The number of fused-ring (bicyclic) bond motifs is 1. The third-order valence-corrected chi connectivity index (χ3v) is 3.50. The van der Waals surface area contributed by atoms with Gasteiger partial charge in [-0.3, -0.25) is 10.8 Å². The highest BCUT2D eigenvalue weighted by Crippen LogP contribution is 2.30. The molecule has 19 heavy (non-hydrogen) atoms. The van der Waals surface area contributed by atoms with Crippen molar-refractivity contribution in [3.8, 4) is 0 Å². The van der Waals surface area contributed by atoms with Crippen LogP contribution in [0.1, 0.15) is 17.4 Å². The normalized spacial score (nSPS) is 12.7. The summed E-state index contributed by atoms with van der Waals surface area (Å²) >= 11 is 3.31. The minimum atomic E-state index is -0.197. The minimum Gasteiger partial charge on any atom is -0.452 e. The molecule has 0 saturated carbocycles. The summed E-state index contributed by atoms with van der Waals surface area (Å²) in [5.41, 5.74) is 3.86. The van der Waals surface area contributed by atoms with E-state index in [1.807, 2.05) is 42.6 Å². The van der Waals surface area contributed by atoms with E-state index in [1.54, 1.807) is 6.20 Å². The summed E-state index contributed by atoms with van der Waals surface area (Å²) in [5, 5.41) is 2.18. The van der Waals surface area contributed by atoms with Crippen molar-refractivity contribution in [1.82, 2.24) is 10.4 Å². The first kappa shape index (κ1) is 12.3. The molecule has 1 unspecified atom stereocenters. The number of nitrogens with zero attached hydrogens (tertiary/aromatic N) is 1. The number of pyridine rings is 1. The Bertz CT molecular complexity index is 705. The second-order valence-electron chi connectivity index (χ2n) is 4.19. The smallest absolute Gasteiger partial charge is 0.169 e. The maximum absolute atomic E-state index is 5.70. The quantitative estimate of drug-likeness (QED) is 0.575.